The van der Waals surface area contributed by atoms with Crippen molar-refractivity contribution in [1.29, 1.82) is 0 Å². The summed E-state index contributed by atoms with van der Waals surface area (Å²) in [5.41, 5.74) is 1.06. The van der Waals surface area contributed by atoms with Crippen molar-refractivity contribution in [2.45, 2.75) is 32.7 Å². The van der Waals surface area contributed by atoms with E-state index in [0.29, 0.717) is 6.04 Å². The molecule has 0 saturated carbocycles. The van der Waals surface area contributed by atoms with Crippen LogP contribution in [-0.2, 0) is 0 Å². The van der Waals surface area contributed by atoms with E-state index in [1.807, 2.05) is 6.92 Å². The molecule has 0 N–H and O–H groups in total. The van der Waals surface area contributed by atoms with Crippen LogP contribution < -0.4 is 0 Å². The highest BCUT2D eigenvalue weighted by molar-refractivity contribution is 5.06. The average Bonchev–Trinajstić information content (AvgIpc) is 2.17. The first kappa shape index (κ1) is 6.46. The second-order valence-electron chi connectivity index (χ2n) is 2.38. The van der Waals surface area contributed by atoms with Gasteiger partial charge in [-0.15, -0.1) is 0 Å². The van der Waals surface area contributed by atoms with Crippen LogP contribution in [0.4, 0.5) is 0 Å². The molecule has 50 valence electrons. The molecule has 1 rings (SSSR count). The monoisotopic (exact) mass is 124 g/mol. The molecule has 0 aliphatic carbocycles. The molecule has 0 aromatic rings. The largest absolute Gasteiger partial charge is 0.181 e. The lowest BCUT2D eigenvalue weighted by molar-refractivity contribution is 0.696. The number of azo groups is 1. The van der Waals surface area contributed by atoms with Gasteiger partial charge in [-0.3, -0.25) is 0 Å². The van der Waals surface area contributed by atoms with Gasteiger partial charge >= 0.3 is 0 Å². The minimum absolute atomic E-state index is 0.384. The molecule has 0 radical (unpaired) electrons. The standard InChI is InChI=1S/C7H12N2/c1-3-4-7-5-6(2)8-9-7/h5,7H,3-4H2,1-2H3. The normalized spacial score (nSPS) is 24.7. The Morgan fingerprint density at radius 3 is 2.89 bits per heavy atom. The highest BCUT2D eigenvalue weighted by atomic mass is 15.1. The van der Waals surface area contributed by atoms with Gasteiger partial charge in [0.25, 0.3) is 0 Å². The van der Waals surface area contributed by atoms with E-state index in [0.717, 1.165) is 12.1 Å². The molecule has 0 aromatic carbocycles. The summed E-state index contributed by atoms with van der Waals surface area (Å²) in [5, 5.41) is 7.96. The van der Waals surface area contributed by atoms with Crippen molar-refractivity contribution < 1.29 is 0 Å². The fourth-order valence-corrected chi connectivity index (χ4v) is 0.947. The Balaban J connectivity index is 2.40. The van der Waals surface area contributed by atoms with Crippen LogP contribution in [0.25, 0.3) is 0 Å². The van der Waals surface area contributed by atoms with E-state index >= 15 is 0 Å². The van der Waals surface area contributed by atoms with Crippen LogP contribution in [0, 0.1) is 0 Å². The summed E-state index contributed by atoms with van der Waals surface area (Å²) in [7, 11) is 0. The van der Waals surface area contributed by atoms with Crippen molar-refractivity contribution >= 4 is 0 Å². The molecule has 2 heteroatoms. The molecule has 0 bridgehead atoms. The molecule has 1 unspecified atom stereocenters. The van der Waals surface area contributed by atoms with Crippen molar-refractivity contribution in [3.63, 3.8) is 0 Å². The lowest BCUT2D eigenvalue weighted by atomic mass is 10.2. The minimum atomic E-state index is 0.384. The zero-order valence-electron chi connectivity index (χ0n) is 5.96. The summed E-state index contributed by atoms with van der Waals surface area (Å²) >= 11 is 0. The smallest absolute Gasteiger partial charge is 0.0913 e. The van der Waals surface area contributed by atoms with Crippen molar-refractivity contribution in [3.05, 3.63) is 11.8 Å². The fourth-order valence-electron chi connectivity index (χ4n) is 0.947. The van der Waals surface area contributed by atoms with Crippen molar-refractivity contribution in [2.24, 2.45) is 10.2 Å². The third-order valence-corrected chi connectivity index (χ3v) is 1.38. The van der Waals surface area contributed by atoms with Crippen LogP contribution in [0.1, 0.15) is 26.7 Å². The van der Waals surface area contributed by atoms with E-state index in [1.54, 1.807) is 0 Å². The number of nitrogens with zero attached hydrogens (tertiary/aromatic N) is 2. The van der Waals surface area contributed by atoms with Crippen LogP contribution in [-0.4, -0.2) is 6.04 Å². The quantitative estimate of drug-likeness (QED) is 0.540. The Kier molecular flexibility index (Phi) is 1.98. The summed E-state index contributed by atoms with van der Waals surface area (Å²) in [5.74, 6) is 0. The Morgan fingerprint density at radius 2 is 2.44 bits per heavy atom. The van der Waals surface area contributed by atoms with E-state index in [9.17, 15) is 0 Å². The van der Waals surface area contributed by atoms with Gasteiger partial charge in [-0.2, -0.15) is 10.2 Å². The predicted molar refractivity (Wildman–Crippen MR) is 37.3 cm³/mol. The molecule has 1 aliphatic heterocycles. The van der Waals surface area contributed by atoms with Gasteiger partial charge in [-0.05, 0) is 19.4 Å². The molecule has 2 nitrogen and oxygen atoms in total. The van der Waals surface area contributed by atoms with Gasteiger partial charge in [0.15, 0.2) is 0 Å². The molecular formula is C7H12N2. The van der Waals surface area contributed by atoms with E-state index < -0.39 is 0 Å². The van der Waals surface area contributed by atoms with Gasteiger partial charge in [-0.1, -0.05) is 13.3 Å². The van der Waals surface area contributed by atoms with E-state index in [-0.39, 0.29) is 0 Å². The molecule has 1 aliphatic rings. The summed E-state index contributed by atoms with van der Waals surface area (Å²) < 4.78 is 0. The van der Waals surface area contributed by atoms with Crippen LogP contribution in [0.15, 0.2) is 22.0 Å². The van der Waals surface area contributed by atoms with Gasteiger partial charge in [0.05, 0.1) is 11.7 Å². The predicted octanol–water partition coefficient (Wildman–Crippen LogP) is 2.52. The first-order valence-electron chi connectivity index (χ1n) is 3.42. The minimum Gasteiger partial charge on any atom is -0.181 e. The van der Waals surface area contributed by atoms with E-state index in [4.69, 9.17) is 0 Å². The van der Waals surface area contributed by atoms with E-state index in [2.05, 4.69) is 23.2 Å². The first-order chi connectivity index (χ1) is 4.33. The van der Waals surface area contributed by atoms with Crippen molar-refractivity contribution in [3.8, 4) is 0 Å². The van der Waals surface area contributed by atoms with Crippen molar-refractivity contribution in [1.82, 2.24) is 0 Å². The number of hydrogen-bond acceptors (Lipinski definition) is 2. The molecule has 0 amide bonds. The fraction of sp³-hybridized carbons (Fsp3) is 0.714. The van der Waals surface area contributed by atoms with Crippen LogP contribution in [0.3, 0.4) is 0 Å². The van der Waals surface area contributed by atoms with Gasteiger partial charge in [0.2, 0.25) is 0 Å². The number of hydrogen-bond donors (Lipinski definition) is 0. The van der Waals surface area contributed by atoms with Crippen LogP contribution >= 0.6 is 0 Å². The molecule has 1 heterocycles. The Labute approximate surface area is 55.7 Å². The van der Waals surface area contributed by atoms with Gasteiger partial charge < -0.3 is 0 Å². The summed E-state index contributed by atoms with van der Waals surface area (Å²) in [6, 6.07) is 0.384. The maximum atomic E-state index is 4.04. The lowest BCUT2D eigenvalue weighted by Gasteiger charge is -1.95. The van der Waals surface area contributed by atoms with Gasteiger partial charge in [-0.25, -0.2) is 0 Å². The molecule has 9 heavy (non-hydrogen) atoms. The summed E-state index contributed by atoms with van der Waals surface area (Å²) in [6.45, 7) is 4.15. The molecule has 0 spiro atoms. The summed E-state index contributed by atoms with van der Waals surface area (Å²) in [6.07, 6.45) is 4.44. The SMILES string of the molecule is CCCC1C=C(C)N=N1. The lowest BCUT2D eigenvalue weighted by Crippen LogP contribution is -1.93. The second kappa shape index (κ2) is 2.76. The zero-order chi connectivity index (χ0) is 6.69. The van der Waals surface area contributed by atoms with E-state index in [1.165, 1.54) is 6.42 Å². The molecule has 1 atom stereocenters. The van der Waals surface area contributed by atoms with Crippen LogP contribution in [0.5, 0.6) is 0 Å². The topological polar surface area (TPSA) is 24.7 Å². The Morgan fingerprint density at radius 1 is 1.67 bits per heavy atom. The zero-order valence-corrected chi connectivity index (χ0v) is 5.96. The maximum Gasteiger partial charge on any atom is 0.0913 e. The molecular weight excluding hydrogens is 112 g/mol. The number of rotatable bonds is 2. The number of allylic oxidation sites excluding steroid dienone is 1. The highest BCUT2D eigenvalue weighted by Crippen LogP contribution is 2.15. The second-order valence-corrected chi connectivity index (χ2v) is 2.38. The van der Waals surface area contributed by atoms with Crippen LogP contribution in [0.2, 0.25) is 0 Å². The molecule has 0 saturated heterocycles. The third-order valence-electron chi connectivity index (χ3n) is 1.38. The molecule has 0 aromatic heterocycles. The highest BCUT2D eigenvalue weighted by Gasteiger charge is 2.06. The molecule has 0 fully saturated rings. The Hall–Kier alpha value is -0.660. The van der Waals surface area contributed by atoms with Gasteiger partial charge in [0, 0.05) is 0 Å². The third kappa shape index (κ3) is 1.63. The Bertz CT molecular complexity index is 147. The maximum absolute atomic E-state index is 4.04. The first-order valence-corrected chi connectivity index (χ1v) is 3.42. The van der Waals surface area contributed by atoms with Gasteiger partial charge in [0.1, 0.15) is 0 Å². The average molecular weight is 124 g/mol. The summed E-state index contributed by atoms with van der Waals surface area (Å²) in [4.78, 5) is 0. The van der Waals surface area contributed by atoms with Crippen molar-refractivity contribution in [2.75, 3.05) is 0 Å².